The van der Waals surface area contributed by atoms with Crippen molar-refractivity contribution in [3.8, 4) is 0 Å². The SMILES string of the molecule is CN1CCc2cccc(Nc3cc(Nc4c[nH]nc4[C@@H]4CCC(=O)NC4)ncc3F)c2C1=O. The van der Waals surface area contributed by atoms with Crippen molar-refractivity contribution in [1.29, 1.82) is 0 Å². The minimum absolute atomic E-state index is 0.0417. The molecule has 0 unspecified atom stereocenters. The fraction of sp³-hybridized carbons (Fsp3) is 0.304. The summed E-state index contributed by atoms with van der Waals surface area (Å²) in [5.74, 6) is -0.0742. The van der Waals surface area contributed by atoms with E-state index in [2.05, 4.69) is 31.1 Å². The third kappa shape index (κ3) is 4.11. The number of nitrogens with one attached hydrogen (secondary N) is 4. The second-order valence-electron chi connectivity index (χ2n) is 8.34. The van der Waals surface area contributed by atoms with Crippen LogP contribution in [-0.2, 0) is 11.2 Å². The number of carbonyl (C=O) groups excluding carboxylic acids is 2. The maximum Gasteiger partial charge on any atom is 0.255 e. The molecule has 0 aliphatic carbocycles. The van der Waals surface area contributed by atoms with Gasteiger partial charge in [-0.15, -0.1) is 0 Å². The molecule has 1 fully saturated rings. The van der Waals surface area contributed by atoms with Gasteiger partial charge in [0.05, 0.1) is 34.5 Å². The van der Waals surface area contributed by atoms with Crippen LogP contribution in [-0.4, -0.2) is 52.0 Å². The average Bonchev–Trinajstić information content (AvgIpc) is 3.27. The van der Waals surface area contributed by atoms with Crippen molar-refractivity contribution in [2.24, 2.45) is 0 Å². The van der Waals surface area contributed by atoms with Crippen LogP contribution >= 0.6 is 0 Å². The zero-order chi connectivity index (χ0) is 22.9. The summed E-state index contributed by atoms with van der Waals surface area (Å²) < 4.78 is 14.6. The molecule has 0 spiro atoms. The number of aromatic nitrogens is 3. The Hall–Kier alpha value is -3.95. The molecule has 4 heterocycles. The summed E-state index contributed by atoms with van der Waals surface area (Å²) in [4.78, 5) is 30.0. The highest BCUT2D eigenvalue weighted by Gasteiger charge is 2.26. The number of piperidine rings is 1. The summed E-state index contributed by atoms with van der Waals surface area (Å²) in [6, 6.07) is 7.12. The lowest BCUT2D eigenvalue weighted by Crippen LogP contribution is -2.34. The lowest BCUT2D eigenvalue weighted by Gasteiger charge is -2.27. The maximum absolute atomic E-state index is 14.6. The second kappa shape index (κ2) is 8.53. The first kappa shape index (κ1) is 20.9. The van der Waals surface area contributed by atoms with Crippen LogP contribution in [0.3, 0.4) is 0 Å². The molecule has 1 aromatic carbocycles. The number of pyridine rings is 1. The molecule has 33 heavy (non-hydrogen) atoms. The van der Waals surface area contributed by atoms with E-state index >= 15 is 0 Å². The first-order valence-corrected chi connectivity index (χ1v) is 10.9. The number of halogens is 1. The van der Waals surface area contributed by atoms with Crippen LogP contribution in [0.15, 0.2) is 36.7 Å². The number of aromatic amines is 1. The molecule has 4 N–H and O–H groups in total. The van der Waals surface area contributed by atoms with Gasteiger partial charge in [0.2, 0.25) is 5.91 Å². The van der Waals surface area contributed by atoms with Crippen LogP contribution < -0.4 is 16.0 Å². The van der Waals surface area contributed by atoms with Gasteiger partial charge in [-0.1, -0.05) is 12.1 Å². The van der Waals surface area contributed by atoms with Crippen molar-refractivity contribution in [2.75, 3.05) is 30.8 Å². The molecule has 0 radical (unpaired) electrons. The molecule has 170 valence electrons. The topological polar surface area (TPSA) is 115 Å². The molecule has 2 aromatic heterocycles. The van der Waals surface area contributed by atoms with Crippen molar-refractivity contribution in [3.63, 3.8) is 0 Å². The number of carbonyl (C=O) groups is 2. The van der Waals surface area contributed by atoms with Crippen molar-refractivity contribution < 1.29 is 14.0 Å². The van der Waals surface area contributed by atoms with Gasteiger partial charge in [0, 0.05) is 44.7 Å². The molecule has 2 amide bonds. The maximum atomic E-state index is 14.6. The number of hydrogen-bond acceptors (Lipinski definition) is 6. The number of rotatable bonds is 5. The second-order valence-corrected chi connectivity index (χ2v) is 8.34. The van der Waals surface area contributed by atoms with Crippen molar-refractivity contribution >= 4 is 34.7 Å². The molecule has 5 rings (SSSR count). The quantitative estimate of drug-likeness (QED) is 0.476. The van der Waals surface area contributed by atoms with Crippen LogP contribution in [0.5, 0.6) is 0 Å². The standard InChI is InChI=1S/C23H24FN7O2/c1-31-8-7-13-3-2-4-16(21(13)23(31)33)28-17-9-19(25-11-15(17)24)29-18-12-27-30-22(18)14-5-6-20(32)26-10-14/h2-4,9,11-12,14H,5-8,10H2,1H3,(H,26,32)(H,27,30)(H2,25,28,29)/t14-/m1/s1. The Morgan fingerprint density at radius 1 is 1.15 bits per heavy atom. The summed E-state index contributed by atoms with van der Waals surface area (Å²) >= 11 is 0. The number of anilines is 4. The van der Waals surface area contributed by atoms with E-state index in [0.29, 0.717) is 43.0 Å². The van der Waals surface area contributed by atoms with Crippen LogP contribution in [0.1, 0.15) is 40.4 Å². The van der Waals surface area contributed by atoms with E-state index in [0.717, 1.165) is 29.6 Å². The molecule has 0 bridgehead atoms. The first-order valence-electron chi connectivity index (χ1n) is 10.9. The summed E-state index contributed by atoms with van der Waals surface area (Å²) in [6.07, 6.45) is 4.76. The highest BCUT2D eigenvalue weighted by molar-refractivity contribution is 6.02. The minimum atomic E-state index is -0.530. The summed E-state index contributed by atoms with van der Waals surface area (Å²) in [5.41, 5.74) is 3.78. The monoisotopic (exact) mass is 449 g/mol. The number of benzene rings is 1. The Kier molecular flexibility index (Phi) is 5.41. The first-order chi connectivity index (χ1) is 16.0. The lowest BCUT2D eigenvalue weighted by molar-refractivity contribution is -0.122. The van der Waals surface area contributed by atoms with E-state index in [1.165, 1.54) is 0 Å². The van der Waals surface area contributed by atoms with E-state index < -0.39 is 5.82 Å². The Balaban J connectivity index is 1.40. The molecule has 2 aliphatic rings. The van der Waals surface area contributed by atoms with Crippen LogP contribution in [0, 0.1) is 5.82 Å². The average molecular weight is 449 g/mol. The fourth-order valence-corrected chi connectivity index (χ4v) is 4.31. The van der Waals surface area contributed by atoms with Gasteiger partial charge < -0.3 is 20.9 Å². The smallest absolute Gasteiger partial charge is 0.255 e. The van der Waals surface area contributed by atoms with Crippen molar-refractivity contribution in [2.45, 2.75) is 25.2 Å². The van der Waals surface area contributed by atoms with Gasteiger partial charge in [-0.3, -0.25) is 14.7 Å². The van der Waals surface area contributed by atoms with Gasteiger partial charge >= 0.3 is 0 Å². The predicted octanol–water partition coefficient (Wildman–Crippen LogP) is 3.05. The van der Waals surface area contributed by atoms with Crippen molar-refractivity contribution in [1.82, 2.24) is 25.4 Å². The van der Waals surface area contributed by atoms with Gasteiger partial charge in [-0.05, 0) is 24.5 Å². The zero-order valence-corrected chi connectivity index (χ0v) is 18.1. The number of nitrogens with zero attached hydrogens (tertiary/aromatic N) is 3. The fourth-order valence-electron chi connectivity index (χ4n) is 4.31. The van der Waals surface area contributed by atoms with Crippen LogP contribution in [0.25, 0.3) is 0 Å². The lowest BCUT2D eigenvalue weighted by atomic mass is 9.95. The van der Waals surface area contributed by atoms with Gasteiger partial charge in [0.15, 0.2) is 5.82 Å². The third-order valence-electron chi connectivity index (χ3n) is 6.14. The molecule has 10 heteroatoms. The minimum Gasteiger partial charge on any atom is -0.355 e. The number of hydrogen-bond donors (Lipinski definition) is 4. The highest BCUT2D eigenvalue weighted by atomic mass is 19.1. The Labute approximate surface area is 189 Å². The molecule has 3 aromatic rings. The molecular formula is C23H24FN7O2. The number of amides is 2. The van der Waals surface area contributed by atoms with Crippen LogP contribution in [0.4, 0.5) is 27.3 Å². The van der Waals surface area contributed by atoms with Gasteiger partial charge in [0.1, 0.15) is 5.82 Å². The van der Waals surface area contributed by atoms with Gasteiger partial charge in [-0.2, -0.15) is 5.10 Å². The third-order valence-corrected chi connectivity index (χ3v) is 6.14. The number of fused-ring (bicyclic) bond motifs is 1. The van der Waals surface area contributed by atoms with Gasteiger partial charge in [0.25, 0.3) is 5.91 Å². The molecule has 1 atom stereocenters. The van der Waals surface area contributed by atoms with E-state index in [-0.39, 0.29) is 23.4 Å². The van der Waals surface area contributed by atoms with E-state index in [4.69, 9.17) is 0 Å². The molecule has 2 aliphatic heterocycles. The van der Waals surface area contributed by atoms with E-state index in [9.17, 15) is 14.0 Å². The molecule has 1 saturated heterocycles. The van der Waals surface area contributed by atoms with E-state index in [1.807, 2.05) is 12.1 Å². The Bertz CT molecular complexity index is 1220. The Morgan fingerprint density at radius 2 is 2.03 bits per heavy atom. The molecule has 9 nitrogen and oxygen atoms in total. The normalized spacial score (nSPS) is 18.0. The zero-order valence-electron chi connectivity index (χ0n) is 18.1. The number of likely N-dealkylation sites (N-methyl/N-ethyl adjacent to an activating group) is 1. The molecular weight excluding hydrogens is 425 g/mol. The summed E-state index contributed by atoms with van der Waals surface area (Å²) in [5, 5.41) is 16.3. The molecule has 0 saturated carbocycles. The predicted molar refractivity (Wildman–Crippen MR) is 121 cm³/mol. The highest BCUT2D eigenvalue weighted by Crippen LogP contribution is 2.32. The summed E-state index contributed by atoms with van der Waals surface area (Å²) in [6.45, 7) is 1.17. The van der Waals surface area contributed by atoms with Crippen molar-refractivity contribution in [3.05, 3.63) is 59.3 Å². The number of H-pyrrole nitrogens is 1. The van der Waals surface area contributed by atoms with E-state index in [1.54, 1.807) is 30.3 Å². The van der Waals surface area contributed by atoms with Gasteiger partial charge in [-0.25, -0.2) is 9.37 Å². The van der Waals surface area contributed by atoms with Crippen LogP contribution in [0.2, 0.25) is 0 Å². The summed E-state index contributed by atoms with van der Waals surface area (Å²) in [7, 11) is 1.76. The Morgan fingerprint density at radius 3 is 2.85 bits per heavy atom. The largest absolute Gasteiger partial charge is 0.355 e.